The Morgan fingerprint density at radius 1 is 1.44 bits per heavy atom. The lowest BCUT2D eigenvalue weighted by atomic mass is 10.1. The highest BCUT2D eigenvalue weighted by Crippen LogP contribution is 2.16. The number of allylic oxidation sites excluding steroid dienone is 1. The fourth-order valence-electron chi connectivity index (χ4n) is 1.22. The van der Waals surface area contributed by atoms with Crippen LogP contribution >= 0.6 is 0 Å². The van der Waals surface area contributed by atoms with Crippen molar-refractivity contribution in [1.29, 1.82) is 0 Å². The summed E-state index contributed by atoms with van der Waals surface area (Å²) in [6.07, 6.45) is 1.29. The van der Waals surface area contributed by atoms with Crippen LogP contribution in [0.3, 0.4) is 0 Å². The van der Waals surface area contributed by atoms with E-state index >= 15 is 0 Å². The van der Waals surface area contributed by atoms with E-state index in [9.17, 15) is 0 Å². The van der Waals surface area contributed by atoms with Crippen molar-refractivity contribution in [3.63, 3.8) is 0 Å². The Morgan fingerprint density at radius 2 is 2.11 bits per heavy atom. The van der Waals surface area contributed by atoms with Gasteiger partial charge in [0.15, 0.2) is 0 Å². The zero-order chi connectivity index (χ0) is 6.85. The molecule has 1 nitrogen and oxygen atoms in total. The van der Waals surface area contributed by atoms with Gasteiger partial charge in [-0.05, 0) is 27.3 Å². The van der Waals surface area contributed by atoms with E-state index in [0.717, 1.165) is 0 Å². The Bertz CT molecular complexity index is 132. The first-order chi connectivity index (χ1) is 4.20. The van der Waals surface area contributed by atoms with Gasteiger partial charge in [-0.1, -0.05) is 11.1 Å². The summed E-state index contributed by atoms with van der Waals surface area (Å²) in [4.78, 5) is 2.36. The molecule has 1 saturated heterocycles. The highest BCUT2D eigenvalue weighted by Gasteiger charge is 2.11. The van der Waals surface area contributed by atoms with Crippen molar-refractivity contribution in [2.45, 2.75) is 20.3 Å². The van der Waals surface area contributed by atoms with Crippen LogP contribution in [0.25, 0.3) is 0 Å². The zero-order valence-electron chi connectivity index (χ0n) is 6.57. The van der Waals surface area contributed by atoms with Crippen LogP contribution in [0.5, 0.6) is 0 Å². The Kier molecular flexibility index (Phi) is 1.91. The molecule has 1 heterocycles. The standard InChI is InChI=1S/C8H15N/c1-7(2)8-4-5-9(3)6-8/h4-6H2,1-3H3. The Balaban J connectivity index is 2.58. The van der Waals surface area contributed by atoms with Gasteiger partial charge in [-0.15, -0.1) is 0 Å². The van der Waals surface area contributed by atoms with Gasteiger partial charge in [0.25, 0.3) is 0 Å². The Hall–Kier alpha value is -0.300. The van der Waals surface area contributed by atoms with Gasteiger partial charge in [0.2, 0.25) is 0 Å². The van der Waals surface area contributed by atoms with Crippen LogP contribution in [0.1, 0.15) is 20.3 Å². The predicted molar refractivity (Wildman–Crippen MR) is 40.5 cm³/mol. The van der Waals surface area contributed by atoms with E-state index in [4.69, 9.17) is 0 Å². The maximum atomic E-state index is 2.36. The second-order valence-electron chi connectivity index (χ2n) is 3.09. The molecule has 0 unspecified atom stereocenters. The maximum Gasteiger partial charge on any atom is 0.0192 e. The molecular weight excluding hydrogens is 110 g/mol. The smallest absolute Gasteiger partial charge is 0.0192 e. The summed E-state index contributed by atoms with van der Waals surface area (Å²) in [7, 11) is 2.18. The van der Waals surface area contributed by atoms with Crippen LogP contribution in [0.15, 0.2) is 11.1 Å². The summed E-state index contributed by atoms with van der Waals surface area (Å²) in [5.74, 6) is 0. The quantitative estimate of drug-likeness (QED) is 0.445. The zero-order valence-corrected chi connectivity index (χ0v) is 6.57. The summed E-state index contributed by atoms with van der Waals surface area (Å²) in [5, 5.41) is 0. The van der Waals surface area contributed by atoms with Crippen LogP contribution in [-0.2, 0) is 0 Å². The van der Waals surface area contributed by atoms with Crippen LogP contribution in [0.4, 0.5) is 0 Å². The van der Waals surface area contributed by atoms with E-state index in [1.165, 1.54) is 25.1 Å². The van der Waals surface area contributed by atoms with Gasteiger partial charge >= 0.3 is 0 Å². The predicted octanol–water partition coefficient (Wildman–Crippen LogP) is 1.66. The van der Waals surface area contributed by atoms with E-state index in [2.05, 4.69) is 25.8 Å². The Morgan fingerprint density at radius 3 is 2.33 bits per heavy atom. The Labute approximate surface area is 57.4 Å². The van der Waals surface area contributed by atoms with Gasteiger partial charge < -0.3 is 4.90 Å². The second kappa shape index (κ2) is 2.53. The molecule has 1 heteroatoms. The molecule has 0 radical (unpaired) electrons. The first-order valence-corrected chi connectivity index (χ1v) is 3.54. The fraction of sp³-hybridized carbons (Fsp3) is 0.750. The summed E-state index contributed by atoms with van der Waals surface area (Å²) in [5.41, 5.74) is 3.15. The molecule has 0 bridgehead atoms. The molecule has 52 valence electrons. The largest absolute Gasteiger partial charge is 0.302 e. The summed E-state index contributed by atoms with van der Waals surface area (Å²) in [6.45, 7) is 6.85. The molecule has 0 N–H and O–H groups in total. The first kappa shape index (κ1) is 6.81. The molecule has 1 aliphatic rings. The molecule has 0 aliphatic carbocycles. The lowest BCUT2D eigenvalue weighted by molar-refractivity contribution is 0.424. The number of hydrogen-bond acceptors (Lipinski definition) is 1. The van der Waals surface area contributed by atoms with Crippen LogP contribution < -0.4 is 0 Å². The minimum absolute atomic E-state index is 1.20. The molecule has 0 aromatic carbocycles. The number of nitrogens with zero attached hydrogens (tertiary/aromatic N) is 1. The van der Waals surface area contributed by atoms with Crippen LogP contribution in [0, 0.1) is 0 Å². The van der Waals surface area contributed by atoms with Gasteiger partial charge in [0, 0.05) is 13.1 Å². The first-order valence-electron chi connectivity index (χ1n) is 3.54. The van der Waals surface area contributed by atoms with Crippen LogP contribution in [-0.4, -0.2) is 25.0 Å². The highest BCUT2D eigenvalue weighted by molar-refractivity contribution is 5.15. The molecule has 0 saturated carbocycles. The molecule has 1 fully saturated rings. The third-order valence-electron chi connectivity index (χ3n) is 1.96. The summed E-state index contributed by atoms with van der Waals surface area (Å²) >= 11 is 0. The normalized spacial score (nSPS) is 21.0. The highest BCUT2D eigenvalue weighted by atomic mass is 15.1. The SMILES string of the molecule is CC(C)=C1CCN(C)C1. The van der Waals surface area contributed by atoms with E-state index < -0.39 is 0 Å². The topological polar surface area (TPSA) is 3.24 Å². The maximum absolute atomic E-state index is 2.36. The van der Waals surface area contributed by atoms with Gasteiger partial charge in [0.05, 0.1) is 0 Å². The van der Waals surface area contributed by atoms with Gasteiger partial charge in [-0.2, -0.15) is 0 Å². The molecule has 1 aliphatic heterocycles. The van der Waals surface area contributed by atoms with Crippen LogP contribution in [0.2, 0.25) is 0 Å². The summed E-state index contributed by atoms with van der Waals surface area (Å²) < 4.78 is 0. The van der Waals surface area contributed by atoms with E-state index in [1.807, 2.05) is 0 Å². The number of likely N-dealkylation sites (tertiary alicyclic amines) is 1. The molecule has 0 aromatic rings. The lowest BCUT2D eigenvalue weighted by Gasteiger charge is -2.03. The monoisotopic (exact) mass is 125 g/mol. The summed E-state index contributed by atoms with van der Waals surface area (Å²) in [6, 6.07) is 0. The van der Waals surface area contributed by atoms with Crippen molar-refractivity contribution in [3.8, 4) is 0 Å². The molecule has 0 atom stereocenters. The molecule has 0 aromatic heterocycles. The number of rotatable bonds is 0. The van der Waals surface area contributed by atoms with E-state index in [0.29, 0.717) is 0 Å². The average molecular weight is 125 g/mol. The van der Waals surface area contributed by atoms with Crippen molar-refractivity contribution in [1.82, 2.24) is 4.90 Å². The van der Waals surface area contributed by atoms with Gasteiger partial charge in [0.1, 0.15) is 0 Å². The molecule has 9 heavy (non-hydrogen) atoms. The number of hydrogen-bond donors (Lipinski definition) is 0. The fourth-order valence-corrected chi connectivity index (χ4v) is 1.22. The van der Waals surface area contributed by atoms with E-state index in [-0.39, 0.29) is 0 Å². The van der Waals surface area contributed by atoms with Crippen molar-refractivity contribution >= 4 is 0 Å². The molecular formula is C8H15N. The third-order valence-corrected chi connectivity index (χ3v) is 1.96. The molecule has 0 amide bonds. The average Bonchev–Trinajstić information content (AvgIpc) is 2.14. The van der Waals surface area contributed by atoms with Crippen molar-refractivity contribution in [2.75, 3.05) is 20.1 Å². The van der Waals surface area contributed by atoms with Gasteiger partial charge in [-0.25, -0.2) is 0 Å². The lowest BCUT2D eigenvalue weighted by Crippen LogP contribution is -2.11. The van der Waals surface area contributed by atoms with E-state index in [1.54, 1.807) is 5.57 Å². The molecule has 0 spiro atoms. The van der Waals surface area contributed by atoms with Crippen molar-refractivity contribution < 1.29 is 0 Å². The minimum Gasteiger partial charge on any atom is -0.302 e. The third kappa shape index (κ3) is 1.55. The number of likely N-dealkylation sites (N-methyl/N-ethyl adjacent to an activating group) is 1. The van der Waals surface area contributed by atoms with Gasteiger partial charge in [-0.3, -0.25) is 0 Å². The minimum atomic E-state index is 1.20. The van der Waals surface area contributed by atoms with Crippen molar-refractivity contribution in [2.24, 2.45) is 0 Å². The van der Waals surface area contributed by atoms with Crippen molar-refractivity contribution in [3.05, 3.63) is 11.1 Å². The molecule has 1 rings (SSSR count). The second-order valence-corrected chi connectivity index (χ2v) is 3.09.